The Morgan fingerprint density at radius 2 is 2.19 bits per heavy atom. The van der Waals surface area contributed by atoms with Crippen LogP contribution in [0.15, 0.2) is 42.9 Å². The summed E-state index contributed by atoms with van der Waals surface area (Å²) >= 11 is 5.76. The number of rotatable bonds is 3. The lowest BCUT2D eigenvalue weighted by Gasteiger charge is -2.10. The van der Waals surface area contributed by atoms with E-state index in [4.69, 9.17) is 11.6 Å². The SMILES string of the molecule is OC(Cc1cccnc1)c1ccnc(Cl)c1. The fourth-order valence-corrected chi connectivity index (χ4v) is 1.67. The Kier molecular flexibility index (Phi) is 3.49. The van der Waals surface area contributed by atoms with Gasteiger partial charge in [-0.15, -0.1) is 0 Å². The second-order valence-corrected chi connectivity index (χ2v) is 3.88. The summed E-state index contributed by atoms with van der Waals surface area (Å²) in [7, 11) is 0. The van der Waals surface area contributed by atoms with E-state index in [0.717, 1.165) is 11.1 Å². The molecule has 2 aromatic rings. The fourth-order valence-electron chi connectivity index (χ4n) is 1.48. The molecule has 16 heavy (non-hydrogen) atoms. The normalized spacial score (nSPS) is 12.4. The van der Waals surface area contributed by atoms with Crippen LogP contribution in [0, 0.1) is 0 Å². The van der Waals surface area contributed by atoms with Crippen molar-refractivity contribution in [2.24, 2.45) is 0 Å². The smallest absolute Gasteiger partial charge is 0.129 e. The zero-order chi connectivity index (χ0) is 11.4. The van der Waals surface area contributed by atoms with Gasteiger partial charge in [0.25, 0.3) is 0 Å². The lowest BCUT2D eigenvalue weighted by atomic mass is 10.0. The minimum absolute atomic E-state index is 0.391. The van der Waals surface area contributed by atoms with Crippen LogP contribution in [-0.4, -0.2) is 15.1 Å². The number of aromatic nitrogens is 2. The Bertz CT molecular complexity index is 462. The van der Waals surface area contributed by atoms with Crippen LogP contribution in [-0.2, 0) is 6.42 Å². The number of hydrogen-bond donors (Lipinski definition) is 1. The molecule has 0 bridgehead atoms. The van der Waals surface area contributed by atoms with Gasteiger partial charge in [-0.1, -0.05) is 17.7 Å². The van der Waals surface area contributed by atoms with Crippen LogP contribution in [0.2, 0.25) is 5.15 Å². The van der Waals surface area contributed by atoms with Crippen LogP contribution in [0.3, 0.4) is 0 Å². The minimum Gasteiger partial charge on any atom is -0.388 e. The topological polar surface area (TPSA) is 46.0 Å². The van der Waals surface area contributed by atoms with Gasteiger partial charge in [-0.2, -0.15) is 0 Å². The van der Waals surface area contributed by atoms with Crippen molar-refractivity contribution in [1.29, 1.82) is 0 Å². The lowest BCUT2D eigenvalue weighted by Crippen LogP contribution is -2.02. The average molecular weight is 235 g/mol. The van der Waals surface area contributed by atoms with Crippen molar-refractivity contribution in [2.75, 3.05) is 0 Å². The first-order valence-electron chi connectivity index (χ1n) is 4.94. The summed E-state index contributed by atoms with van der Waals surface area (Å²) in [4.78, 5) is 7.87. The maximum absolute atomic E-state index is 9.98. The molecule has 0 saturated heterocycles. The highest BCUT2D eigenvalue weighted by Gasteiger charge is 2.09. The Morgan fingerprint density at radius 3 is 2.88 bits per heavy atom. The Balaban J connectivity index is 2.12. The van der Waals surface area contributed by atoms with Gasteiger partial charge >= 0.3 is 0 Å². The van der Waals surface area contributed by atoms with Crippen LogP contribution in [0.4, 0.5) is 0 Å². The first-order chi connectivity index (χ1) is 7.75. The molecule has 0 aliphatic carbocycles. The van der Waals surface area contributed by atoms with Crippen molar-refractivity contribution < 1.29 is 5.11 Å². The summed E-state index contributed by atoms with van der Waals surface area (Å²) in [5, 5.41) is 10.4. The summed E-state index contributed by atoms with van der Waals surface area (Å²) in [5.74, 6) is 0. The molecule has 1 atom stereocenters. The molecule has 1 unspecified atom stereocenters. The van der Waals surface area contributed by atoms with Gasteiger partial charge in [0.1, 0.15) is 5.15 Å². The summed E-state index contributed by atoms with van der Waals surface area (Å²) in [6.07, 6.45) is 4.98. The van der Waals surface area contributed by atoms with Crippen LogP contribution >= 0.6 is 11.6 Å². The number of pyridine rings is 2. The monoisotopic (exact) mass is 234 g/mol. The molecule has 82 valence electrons. The molecule has 4 heteroatoms. The van der Waals surface area contributed by atoms with Crippen molar-refractivity contribution in [3.05, 3.63) is 59.1 Å². The molecule has 2 rings (SSSR count). The largest absolute Gasteiger partial charge is 0.388 e. The third-order valence-corrected chi connectivity index (χ3v) is 2.49. The minimum atomic E-state index is -0.579. The van der Waals surface area contributed by atoms with E-state index in [2.05, 4.69) is 9.97 Å². The fraction of sp³-hybridized carbons (Fsp3) is 0.167. The first kappa shape index (κ1) is 11.0. The Morgan fingerprint density at radius 1 is 1.31 bits per heavy atom. The van der Waals surface area contributed by atoms with Gasteiger partial charge in [0.15, 0.2) is 0 Å². The first-order valence-corrected chi connectivity index (χ1v) is 5.32. The third kappa shape index (κ3) is 2.78. The lowest BCUT2D eigenvalue weighted by molar-refractivity contribution is 0.178. The molecular formula is C12H11ClN2O. The summed E-state index contributed by atoms with van der Waals surface area (Å²) in [6, 6.07) is 7.20. The van der Waals surface area contributed by atoms with E-state index >= 15 is 0 Å². The standard InChI is InChI=1S/C12H11ClN2O/c13-12-7-10(3-5-15-12)11(16)6-9-2-1-4-14-8-9/h1-5,7-8,11,16H,6H2. The molecule has 3 nitrogen and oxygen atoms in total. The van der Waals surface area contributed by atoms with Crippen LogP contribution in [0.1, 0.15) is 17.2 Å². The molecule has 2 aromatic heterocycles. The van der Waals surface area contributed by atoms with E-state index in [1.54, 1.807) is 30.7 Å². The third-order valence-electron chi connectivity index (χ3n) is 2.29. The molecule has 0 saturated carbocycles. The van der Waals surface area contributed by atoms with Gasteiger partial charge in [0.05, 0.1) is 6.10 Å². The zero-order valence-corrected chi connectivity index (χ0v) is 9.30. The highest BCUT2D eigenvalue weighted by Crippen LogP contribution is 2.19. The van der Waals surface area contributed by atoms with E-state index in [1.165, 1.54) is 0 Å². The van der Waals surface area contributed by atoms with Crippen molar-refractivity contribution >= 4 is 11.6 Å². The second-order valence-electron chi connectivity index (χ2n) is 3.49. The highest BCUT2D eigenvalue weighted by atomic mass is 35.5. The molecule has 0 fully saturated rings. The van der Waals surface area contributed by atoms with Gasteiger partial charge in [0.2, 0.25) is 0 Å². The van der Waals surface area contributed by atoms with Crippen molar-refractivity contribution in [3.8, 4) is 0 Å². The zero-order valence-electron chi connectivity index (χ0n) is 8.55. The number of aliphatic hydroxyl groups excluding tert-OH is 1. The molecule has 0 aromatic carbocycles. The summed E-state index contributed by atoms with van der Waals surface area (Å²) in [5.41, 5.74) is 1.76. The predicted octanol–water partition coefficient (Wildman–Crippen LogP) is 2.41. The summed E-state index contributed by atoms with van der Waals surface area (Å²) in [6.45, 7) is 0. The van der Waals surface area contributed by atoms with Crippen molar-refractivity contribution in [3.63, 3.8) is 0 Å². The molecule has 0 spiro atoms. The van der Waals surface area contributed by atoms with Gasteiger partial charge in [-0.3, -0.25) is 4.98 Å². The Hall–Kier alpha value is -1.45. The van der Waals surface area contributed by atoms with Crippen molar-refractivity contribution in [2.45, 2.75) is 12.5 Å². The molecule has 0 radical (unpaired) electrons. The van der Waals surface area contributed by atoms with Crippen LogP contribution < -0.4 is 0 Å². The molecule has 0 amide bonds. The van der Waals surface area contributed by atoms with Crippen LogP contribution in [0.5, 0.6) is 0 Å². The van der Waals surface area contributed by atoms with E-state index in [-0.39, 0.29) is 0 Å². The number of nitrogens with zero attached hydrogens (tertiary/aromatic N) is 2. The maximum atomic E-state index is 9.98. The quantitative estimate of drug-likeness (QED) is 0.830. The van der Waals surface area contributed by atoms with Crippen molar-refractivity contribution in [1.82, 2.24) is 9.97 Å². The molecule has 2 heterocycles. The van der Waals surface area contributed by atoms with Gasteiger partial charge in [-0.25, -0.2) is 4.98 Å². The van der Waals surface area contributed by atoms with E-state index < -0.39 is 6.10 Å². The summed E-state index contributed by atoms with van der Waals surface area (Å²) < 4.78 is 0. The van der Waals surface area contributed by atoms with Gasteiger partial charge in [-0.05, 0) is 29.3 Å². The van der Waals surface area contributed by atoms with Crippen LogP contribution in [0.25, 0.3) is 0 Å². The Labute approximate surface area is 98.8 Å². The molecule has 0 aliphatic heterocycles. The molecule has 1 N–H and O–H groups in total. The highest BCUT2D eigenvalue weighted by molar-refractivity contribution is 6.29. The van der Waals surface area contributed by atoms with Gasteiger partial charge < -0.3 is 5.11 Å². The number of hydrogen-bond acceptors (Lipinski definition) is 3. The number of halogens is 1. The molecular weight excluding hydrogens is 224 g/mol. The van der Waals surface area contributed by atoms with E-state index in [9.17, 15) is 5.11 Å². The second kappa shape index (κ2) is 5.05. The van der Waals surface area contributed by atoms with E-state index in [0.29, 0.717) is 11.6 Å². The number of aliphatic hydroxyl groups is 1. The predicted molar refractivity (Wildman–Crippen MR) is 62.1 cm³/mol. The average Bonchev–Trinajstić information content (AvgIpc) is 2.30. The molecule has 0 aliphatic rings. The maximum Gasteiger partial charge on any atom is 0.129 e. The van der Waals surface area contributed by atoms with E-state index in [1.807, 2.05) is 12.1 Å². The van der Waals surface area contributed by atoms with Gasteiger partial charge in [0, 0.05) is 25.0 Å².